The highest BCUT2D eigenvalue weighted by Crippen LogP contribution is 2.10. The Kier molecular flexibility index (Phi) is 6.43. The van der Waals surface area contributed by atoms with Gasteiger partial charge in [-0.05, 0) is 12.5 Å². The zero-order chi connectivity index (χ0) is 12.5. The second-order valence-electron chi connectivity index (χ2n) is 3.58. The molecule has 1 N–H and O–H groups in total. The lowest BCUT2D eigenvalue weighted by molar-refractivity contribution is 0.140. The third-order valence-corrected chi connectivity index (χ3v) is 2.24. The summed E-state index contributed by atoms with van der Waals surface area (Å²) in [6.45, 7) is 5.67. The highest BCUT2D eigenvalue weighted by Gasteiger charge is 2.06. The Labute approximate surface area is 100 Å². The van der Waals surface area contributed by atoms with Crippen LogP contribution in [0.15, 0.2) is 30.9 Å². The van der Waals surface area contributed by atoms with E-state index < -0.39 is 11.6 Å². The molecular formula is C13H17F2NO. The molecule has 0 bridgehead atoms. The summed E-state index contributed by atoms with van der Waals surface area (Å²) in [5.74, 6) is -1.60. The fourth-order valence-corrected chi connectivity index (χ4v) is 1.32. The Bertz CT molecular complexity index is 355. The van der Waals surface area contributed by atoms with Gasteiger partial charge in [0.1, 0.15) is 0 Å². The van der Waals surface area contributed by atoms with Crippen LogP contribution in [-0.4, -0.2) is 19.8 Å². The summed E-state index contributed by atoms with van der Waals surface area (Å²) < 4.78 is 31.3. The van der Waals surface area contributed by atoms with Gasteiger partial charge in [0.2, 0.25) is 0 Å². The quantitative estimate of drug-likeness (QED) is 0.558. The van der Waals surface area contributed by atoms with Crippen molar-refractivity contribution in [3.8, 4) is 0 Å². The predicted octanol–water partition coefficient (Wildman–Crippen LogP) is 2.65. The van der Waals surface area contributed by atoms with Crippen molar-refractivity contribution < 1.29 is 13.5 Å². The van der Waals surface area contributed by atoms with Gasteiger partial charge in [0.05, 0.1) is 13.2 Å². The first kappa shape index (κ1) is 13.8. The van der Waals surface area contributed by atoms with Gasteiger partial charge in [0.25, 0.3) is 0 Å². The molecule has 4 heteroatoms. The highest BCUT2D eigenvalue weighted by atomic mass is 19.2. The zero-order valence-corrected chi connectivity index (χ0v) is 9.72. The molecule has 0 fully saturated rings. The van der Waals surface area contributed by atoms with Gasteiger partial charge in [-0.1, -0.05) is 18.2 Å². The molecule has 0 amide bonds. The van der Waals surface area contributed by atoms with E-state index in [0.29, 0.717) is 31.9 Å². The largest absolute Gasteiger partial charge is 0.380 e. The van der Waals surface area contributed by atoms with Crippen LogP contribution in [0.4, 0.5) is 8.78 Å². The minimum absolute atomic E-state index is 0.300. The van der Waals surface area contributed by atoms with Gasteiger partial charge in [-0.2, -0.15) is 0 Å². The number of hydrogen-bond acceptors (Lipinski definition) is 2. The molecule has 0 heterocycles. The Morgan fingerprint density at radius 1 is 1.29 bits per heavy atom. The van der Waals surface area contributed by atoms with Crippen molar-refractivity contribution in [3.05, 3.63) is 48.1 Å². The molecule has 1 aromatic rings. The molecule has 0 aliphatic rings. The van der Waals surface area contributed by atoms with E-state index in [1.54, 1.807) is 12.1 Å². The first-order valence-corrected chi connectivity index (χ1v) is 5.58. The summed E-state index contributed by atoms with van der Waals surface area (Å²) in [5, 5.41) is 2.99. The smallest absolute Gasteiger partial charge is 0.163 e. The lowest BCUT2D eigenvalue weighted by Gasteiger charge is -2.06. The van der Waals surface area contributed by atoms with Gasteiger partial charge in [0.15, 0.2) is 11.6 Å². The number of halogens is 2. The summed E-state index contributed by atoms with van der Waals surface area (Å²) in [6.07, 6.45) is 2.61. The van der Waals surface area contributed by atoms with Gasteiger partial charge >= 0.3 is 0 Å². The number of hydrogen-bond donors (Lipinski definition) is 1. The average molecular weight is 241 g/mol. The van der Waals surface area contributed by atoms with Gasteiger partial charge in [-0.25, -0.2) is 8.78 Å². The van der Waals surface area contributed by atoms with E-state index in [0.717, 1.165) is 12.5 Å². The minimum atomic E-state index is -0.813. The van der Waals surface area contributed by atoms with E-state index in [1.165, 1.54) is 6.07 Å². The van der Waals surface area contributed by atoms with E-state index in [9.17, 15) is 8.78 Å². The number of benzene rings is 1. The molecule has 2 nitrogen and oxygen atoms in total. The molecule has 0 atom stereocenters. The lowest BCUT2D eigenvalue weighted by Crippen LogP contribution is -2.20. The van der Waals surface area contributed by atoms with E-state index in [4.69, 9.17) is 4.74 Å². The Morgan fingerprint density at radius 2 is 2.12 bits per heavy atom. The summed E-state index contributed by atoms with van der Waals surface area (Å²) in [6, 6.07) is 4.16. The molecule has 0 aliphatic heterocycles. The van der Waals surface area contributed by atoms with Crippen molar-refractivity contribution in [2.24, 2.45) is 0 Å². The predicted molar refractivity (Wildman–Crippen MR) is 63.7 cm³/mol. The highest BCUT2D eigenvalue weighted by molar-refractivity contribution is 5.18. The first-order chi connectivity index (χ1) is 8.25. The van der Waals surface area contributed by atoms with Crippen LogP contribution in [0.5, 0.6) is 0 Å². The summed E-state index contributed by atoms with van der Waals surface area (Å²) in [7, 11) is 0. The van der Waals surface area contributed by atoms with Crippen molar-refractivity contribution in [1.29, 1.82) is 0 Å². The van der Waals surface area contributed by atoms with Crippen LogP contribution in [0, 0.1) is 11.6 Å². The van der Waals surface area contributed by atoms with Gasteiger partial charge in [-0.3, -0.25) is 0 Å². The number of nitrogens with one attached hydrogen (secondary N) is 1. The fourth-order valence-electron chi connectivity index (χ4n) is 1.32. The molecular weight excluding hydrogens is 224 g/mol. The maximum absolute atomic E-state index is 13.2. The average Bonchev–Trinajstić information content (AvgIpc) is 2.33. The standard InChI is InChI=1S/C13H17F2NO/c1-2-3-8-17-9-7-16-10-11-5-4-6-12(14)13(11)15/h2,4-6,16H,1,3,7-10H2. The first-order valence-electron chi connectivity index (χ1n) is 5.58. The molecule has 1 aromatic carbocycles. The Hall–Kier alpha value is -1.26. The van der Waals surface area contributed by atoms with E-state index >= 15 is 0 Å². The van der Waals surface area contributed by atoms with Crippen LogP contribution in [-0.2, 0) is 11.3 Å². The second-order valence-corrected chi connectivity index (χ2v) is 3.58. The fraction of sp³-hybridized carbons (Fsp3) is 0.385. The second kappa shape index (κ2) is 7.92. The van der Waals surface area contributed by atoms with Crippen LogP contribution < -0.4 is 5.32 Å². The van der Waals surface area contributed by atoms with Crippen LogP contribution in [0.3, 0.4) is 0 Å². The Balaban J connectivity index is 2.18. The zero-order valence-electron chi connectivity index (χ0n) is 9.72. The van der Waals surface area contributed by atoms with Crippen LogP contribution in [0.25, 0.3) is 0 Å². The van der Waals surface area contributed by atoms with Crippen molar-refractivity contribution in [2.75, 3.05) is 19.8 Å². The summed E-state index contributed by atoms with van der Waals surface area (Å²) >= 11 is 0. The molecule has 0 saturated heterocycles. The molecule has 17 heavy (non-hydrogen) atoms. The number of ether oxygens (including phenoxy) is 1. The molecule has 94 valence electrons. The van der Waals surface area contributed by atoms with E-state index in [2.05, 4.69) is 11.9 Å². The summed E-state index contributed by atoms with van der Waals surface area (Å²) in [4.78, 5) is 0. The number of rotatable bonds is 8. The van der Waals surface area contributed by atoms with Crippen molar-refractivity contribution >= 4 is 0 Å². The molecule has 1 rings (SSSR count). The van der Waals surface area contributed by atoms with E-state index in [-0.39, 0.29) is 0 Å². The van der Waals surface area contributed by atoms with Gasteiger partial charge < -0.3 is 10.1 Å². The van der Waals surface area contributed by atoms with Crippen molar-refractivity contribution in [3.63, 3.8) is 0 Å². The van der Waals surface area contributed by atoms with Crippen molar-refractivity contribution in [1.82, 2.24) is 5.32 Å². The van der Waals surface area contributed by atoms with Crippen LogP contribution >= 0.6 is 0 Å². The Morgan fingerprint density at radius 3 is 2.88 bits per heavy atom. The third-order valence-electron chi connectivity index (χ3n) is 2.24. The molecule has 0 radical (unpaired) electrons. The third kappa shape index (κ3) is 5.06. The van der Waals surface area contributed by atoms with Crippen molar-refractivity contribution in [2.45, 2.75) is 13.0 Å². The molecule has 0 spiro atoms. The topological polar surface area (TPSA) is 21.3 Å². The molecule has 0 aromatic heterocycles. The molecule has 0 saturated carbocycles. The van der Waals surface area contributed by atoms with Crippen LogP contribution in [0.1, 0.15) is 12.0 Å². The summed E-state index contributed by atoms with van der Waals surface area (Å²) in [5.41, 5.74) is 0.330. The van der Waals surface area contributed by atoms with Gasteiger partial charge in [-0.15, -0.1) is 6.58 Å². The normalized spacial score (nSPS) is 10.5. The van der Waals surface area contributed by atoms with Crippen LogP contribution in [0.2, 0.25) is 0 Å². The SMILES string of the molecule is C=CCCOCCNCc1cccc(F)c1F. The molecule has 0 aliphatic carbocycles. The maximum atomic E-state index is 13.2. The van der Waals surface area contributed by atoms with Gasteiger partial charge in [0, 0.05) is 18.7 Å². The lowest BCUT2D eigenvalue weighted by atomic mass is 10.2. The molecule has 0 unspecified atom stereocenters. The van der Waals surface area contributed by atoms with E-state index in [1.807, 2.05) is 0 Å². The maximum Gasteiger partial charge on any atom is 0.163 e. The minimum Gasteiger partial charge on any atom is -0.380 e. The monoisotopic (exact) mass is 241 g/mol.